The Kier molecular flexibility index (Phi) is 4.46. The molecule has 0 fully saturated rings. The molecular weight excluding hydrogens is 312 g/mol. The molecule has 8 heteroatoms. The first-order valence-corrected chi connectivity index (χ1v) is 6.85. The maximum Gasteiger partial charge on any atom is 0.375 e. The number of carbonyl (C=O) groups excluding carboxylic acids is 1. The first-order valence-electron chi connectivity index (χ1n) is 6.04. The van der Waals surface area contributed by atoms with Crippen LogP contribution in [-0.4, -0.2) is 12.6 Å². The normalized spacial score (nSPS) is 13.8. The molecule has 21 heavy (non-hydrogen) atoms. The lowest BCUT2D eigenvalue weighted by Crippen LogP contribution is -2.19. The van der Waals surface area contributed by atoms with Crippen LogP contribution in [0.1, 0.15) is 20.3 Å². The Labute approximate surface area is 121 Å². The van der Waals surface area contributed by atoms with Crippen LogP contribution in [0.4, 0.5) is 17.6 Å². The van der Waals surface area contributed by atoms with Crippen LogP contribution >= 0.6 is 11.8 Å². The van der Waals surface area contributed by atoms with Crippen molar-refractivity contribution in [3.05, 3.63) is 33.9 Å². The van der Waals surface area contributed by atoms with Gasteiger partial charge in [-0.25, -0.2) is 18.0 Å². The zero-order chi connectivity index (χ0) is 15.7. The van der Waals surface area contributed by atoms with Crippen molar-refractivity contribution in [3.63, 3.8) is 0 Å². The number of carbonyl (C=O) groups is 1. The standard InChI is InChI=1S/C13H10F4O3S/c1-3-5-10(13(18)19-4-2)20-11-8(16)6(14)7(15)9(17)12(11)21-5/h3-4H2,1-2H3. The number of hydrogen-bond donors (Lipinski definition) is 0. The van der Waals surface area contributed by atoms with Crippen LogP contribution < -0.4 is 4.74 Å². The minimum absolute atomic E-state index is 0.0504. The van der Waals surface area contributed by atoms with Crippen LogP contribution in [0.15, 0.2) is 15.6 Å². The van der Waals surface area contributed by atoms with Gasteiger partial charge >= 0.3 is 5.97 Å². The van der Waals surface area contributed by atoms with Gasteiger partial charge in [-0.15, -0.1) is 0 Å². The molecule has 0 unspecified atom stereocenters. The average Bonchev–Trinajstić information content (AvgIpc) is 2.49. The minimum atomic E-state index is -1.99. The van der Waals surface area contributed by atoms with Gasteiger partial charge in [0.2, 0.25) is 17.4 Å². The molecule has 1 aromatic carbocycles. The number of benzene rings is 1. The topological polar surface area (TPSA) is 35.5 Å². The number of hydrogen-bond acceptors (Lipinski definition) is 4. The maximum absolute atomic E-state index is 13.7. The lowest BCUT2D eigenvalue weighted by atomic mass is 10.2. The quantitative estimate of drug-likeness (QED) is 0.366. The fourth-order valence-corrected chi connectivity index (χ4v) is 2.70. The molecule has 0 spiro atoms. The molecule has 0 aliphatic carbocycles. The first-order chi connectivity index (χ1) is 9.92. The van der Waals surface area contributed by atoms with E-state index in [0.717, 1.165) is 0 Å². The van der Waals surface area contributed by atoms with Crippen LogP contribution in [-0.2, 0) is 9.53 Å². The minimum Gasteiger partial charge on any atom is -0.460 e. The van der Waals surface area contributed by atoms with Crippen molar-refractivity contribution in [2.75, 3.05) is 6.61 Å². The van der Waals surface area contributed by atoms with Crippen molar-refractivity contribution in [2.45, 2.75) is 25.2 Å². The van der Waals surface area contributed by atoms with Gasteiger partial charge in [-0.05, 0) is 13.3 Å². The summed E-state index contributed by atoms with van der Waals surface area (Å²) in [7, 11) is 0. The van der Waals surface area contributed by atoms with E-state index in [0.29, 0.717) is 11.8 Å². The van der Waals surface area contributed by atoms with E-state index in [1.54, 1.807) is 13.8 Å². The molecule has 1 aromatic rings. The Bertz CT molecular complexity index is 643. The Morgan fingerprint density at radius 3 is 2.29 bits per heavy atom. The summed E-state index contributed by atoms with van der Waals surface area (Å²) in [5, 5.41) is 0. The summed E-state index contributed by atoms with van der Waals surface area (Å²) in [6.45, 7) is 3.25. The predicted octanol–water partition coefficient (Wildman–Crippen LogP) is 3.91. The average molecular weight is 322 g/mol. The molecule has 1 heterocycles. The Morgan fingerprint density at radius 1 is 1.10 bits per heavy atom. The number of halogens is 4. The van der Waals surface area contributed by atoms with Gasteiger partial charge in [0.15, 0.2) is 17.4 Å². The van der Waals surface area contributed by atoms with E-state index in [1.807, 2.05) is 0 Å². The predicted molar refractivity (Wildman–Crippen MR) is 66.7 cm³/mol. The third-order valence-corrected chi connectivity index (χ3v) is 3.94. The smallest absolute Gasteiger partial charge is 0.375 e. The summed E-state index contributed by atoms with van der Waals surface area (Å²) in [6, 6.07) is 0. The van der Waals surface area contributed by atoms with Crippen molar-refractivity contribution in [1.82, 2.24) is 0 Å². The maximum atomic E-state index is 13.7. The van der Waals surface area contributed by atoms with Crippen molar-refractivity contribution in [3.8, 4) is 5.75 Å². The van der Waals surface area contributed by atoms with E-state index in [1.165, 1.54) is 0 Å². The SMILES string of the molecule is CCOC(=O)C1=C(CC)Sc2c(F)c(F)c(F)c(F)c2O1. The molecule has 3 nitrogen and oxygen atoms in total. The van der Waals surface area contributed by atoms with E-state index >= 15 is 0 Å². The van der Waals surface area contributed by atoms with Crippen molar-refractivity contribution in [2.24, 2.45) is 0 Å². The fraction of sp³-hybridized carbons (Fsp3) is 0.308. The Balaban J connectivity index is 2.55. The van der Waals surface area contributed by atoms with E-state index in [9.17, 15) is 22.4 Å². The van der Waals surface area contributed by atoms with Gasteiger partial charge in [-0.1, -0.05) is 18.7 Å². The highest BCUT2D eigenvalue weighted by molar-refractivity contribution is 8.03. The Morgan fingerprint density at radius 2 is 1.71 bits per heavy atom. The molecule has 0 bridgehead atoms. The summed E-state index contributed by atoms with van der Waals surface area (Å²) in [5.41, 5.74) is 0. The highest BCUT2D eigenvalue weighted by Gasteiger charge is 2.34. The number of rotatable bonds is 3. The van der Waals surface area contributed by atoms with Gasteiger partial charge in [0.1, 0.15) is 0 Å². The van der Waals surface area contributed by atoms with Crippen molar-refractivity contribution >= 4 is 17.7 Å². The number of thioether (sulfide) groups is 1. The number of ether oxygens (including phenoxy) is 2. The summed E-state index contributed by atoms with van der Waals surface area (Å²) in [5.74, 6) is -9.22. The lowest BCUT2D eigenvalue weighted by molar-refractivity contribution is -0.141. The summed E-state index contributed by atoms with van der Waals surface area (Å²) < 4.78 is 63.5. The largest absolute Gasteiger partial charge is 0.460 e. The molecule has 0 radical (unpaired) electrons. The number of esters is 1. The Hall–Kier alpha value is -1.70. The first kappa shape index (κ1) is 15.7. The van der Waals surface area contributed by atoms with Crippen LogP contribution in [0, 0.1) is 23.3 Å². The third kappa shape index (κ3) is 2.59. The third-order valence-electron chi connectivity index (χ3n) is 2.65. The number of fused-ring (bicyclic) bond motifs is 1. The molecule has 0 aromatic heterocycles. The van der Waals surface area contributed by atoms with Gasteiger partial charge in [0.05, 0.1) is 11.5 Å². The molecule has 2 rings (SSSR count). The van der Waals surface area contributed by atoms with E-state index in [-0.39, 0.29) is 23.7 Å². The van der Waals surface area contributed by atoms with Gasteiger partial charge in [0, 0.05) is 4.91 Å². The monoisotopic (exact) mass is 322 g/mol. The van der Waals surface area contributed by atoms with Crippen LogP contribution in [0.3, 0.4) is 0 Å². The van der Waals surface area contributed by atoms with Crippen molar-refractivity contribution < 1.29 is 31.8 Å². The molecular formula is C13H10F4O3S. The second kappa shape index (κ2) is 5.97. The van der Waals surface area contributed by atoms with Crippen molar-refractivity contribution in [1.29, 1.82) is 0 Å². The van der Waals surface area contributed by atoms with Gasteiger partial charge < -0.3 is 9.47 Å². The molecule has 0 amide bonds. The lowest BCUT2D eigenvalue weighted by Gasteiger charge is -2.22. The van der Waals surface area contributed by atoms with E-state index < -0.39 is 39.9 Å². The van der Waals surface area contributed by atoms with Gasteiger partial charge in [-0.2, -0.15) is 4.39 Å². The van der Waals surface area contributed by atoms with Crippen LogP contribution in [0.2, 0.25) is 0 Å². The molecule has 0 N–H and O–H groups in total. The summed E-state index contributed by atoms with van der Waals surface area (Å²) in [6.07, 6.45) is 0.248. The molecule has 0 saturated carbocycles. The zero-order valence-electron chi connectivity index (χ0n) is 11.1. The summed E-state index contributed by atoms with van der Waals surface area (Å²) in [4.78, 5) is 11.4. The fourth-order valence-electron chi connectivity index (χ4n) is 1.69. The zero-order valence-corrected chi connectivity index (χ0v) is 11.9. The van der Waals surface area contributed by atoms with Crippen LogP contribution in [0.5, 0.6) is 5.75 Å². The second-order valence-corrected chi connectivity index (χ2v) is 5.05. The number of allylic oxidation sites excluding steroid dienone is 1. The second-order valence-electron chi connectivity index (χ2n) is 3.94. The van der Waals surface area contributed by atoms with E-state index in [2.05, 4.69) is 0 Å². The van der Waals surface area contributed by atoms with E-state index in [4.69, 9.17) is 9.47 Å². The van der Waals surface area contributed by atoms with Gasteiger partial charge in [-0.3, -0.25) is 0 Å². The molecule has 1 aliphatic rings. The van der Waals surface area contributed by atoms with Gasteiger partial charge in [0.25, 0.3) is 0 Å². The molecule has 1 aliphatic heterocycles. The highest BCUT2D eigenvalue weighted by Crippen LogP contribution is 2.47. The molecule has 114 valence electrons. The van der Waals surface area contributed by atoms with Crippen LogP contribution in [0.25, 0.3) is 0 Å². The highest BCUT2D eigenvalue weighted by atomic mass is 32.2. The summed E-state index contributed by atoms with van der Waals surface area (Å²) >= 11 is 0.615. The molecule has 0 atom stereocenters. The molecule has 0 saturated heterocycles.